The molecule has 0 bridgehead atoms. The Labute approximate surface area is 116 Å². The Bertz CT molecular complexity index is 508. The van der Waals surface area contributed by atoms with Crippen LogP contribution in [0.2, 0.25) is 0 Å². The summed E-state index contributed by atoms with van der Waals surface area (Å²) in [5, 5.41) is 3.40. The molecule has 1 atom stereocenters. The van der Waals surface area contributed by atoms with Gasteiger partial charge in [-0.15, -0.1) is 0 Å². The second-order valence-electron chi connectivity index (χ2n) is 5.45. The molecule has 0 amide bonds. The maximum atomic E-state index is 3.40. The minimum Gasteiger partial charge on any atom is -0.309 e. The zero-order valence-electron chi connectivity index (χ0n) is 12.3. The monoisotopic (exact) mass is 253 g/mol. The highest BCUT2D eigenvalue weighted by atomic mass is 14.9. The van der Waals surface area contributed by atoms with Gasteiger partial charge in [0.15, 0.2) is 0 Å². The number of rotatable bonds is 4. The Hall–Kier alpha value is -1.60. The average Bonchev–Trinajstić information content (AvgIpc) is 2.42. The van der Waals surface area contributed by atoms with Crippen molar-refractivity contribution in [2.24, 2.45) is 0 Å². The van der Waals surface area contributed by atoms with E-state index in [1.165, 1.54) is 22.3 Å². The largest absolute Gasteiger partial charge is 0.309 e. The highest BCUT2D eigenvalue weighted by Crippen LogP contribution is 2.24. The van der Waals surface area contributed by atoms with E-state index in [1.807, 2.05) is 7.05 Å². The van der Waals surface area contributed by atoms with E-state index in [4.69, 9.17) is 0 Å². The third-order valence-electron chi connectivity index (χ3n) is 3.64. The van der Waals surface area contributed by atoms with E-state index in [0.717, 1.165) is 0 Å². The molecular weight excluding hydrogens is 230 g/mol. The van der Waals surface area contributed by atoms with Gasteiger partial charge in [-0.05, 0) is 36.6 Å². The van der Waals surface area contributed by atoms with Crippen molar-refractivity contribution in [2.45, 2.75) is 32.7 Å². The molecule has 19 heavy (non-hydrogen) atoms. The van der Waals surface area contributed by atoms with Crippen LogP contribution in [0, 0.1) is 6.92 Å². The molecule has 0 saturated heterocycles. The van der Waals surface area contributed by atoms with Crippen LogP contribution in [0.5, 0.6) is 0 Å². The van der Waals surface area contributed by atoms with Gasteiger partial charge in [-0.1, -0.05) is 67.9 Å². The molecule has 0 spiro atoms. The Morgan fingerprint density at radius 3 is 1.58 bits per heavy atom. The van der Waals surface area contributed by atoms with Gasteiger partial charge in [0.25, 0.3) is 0 Å². The van der Waals surface area contributed by atoms with Gasteiger partial charge in [0.05, 0.1) is 6.04 Å². The SMILES string of the molecule is CNC(c1ccc(C)cc1)c1ccc(C(C)C)cc1. The molecule has 0 aliphatic rings. The number of benzene rings is 2. The average molecular weight is 253 g/mol. The number of hydrogen-bond donors (Lipinski definition) is 1. The summed E-state index contributed by atoms with van der Waals surface area (Å²) in [6, 6.07) is 17.9. The topological polar surface area (TPSA) is 12.0 Å². The third-order valence-corrected chi connectivity index (χ3v) is 3.64. The molecule has 1 nitrogen and oxygen atoms in total. The van der Waals surface area contributed by atoms with Crippen molar-refractivity contribution in [1.82, 2.24) is 5.32 Å². The van der Waals surface area contributed by atoms with Crippen molar-refractivity contribution in [3.63, 3.8) is 0 Å². The molecule has 2 rings (SSSR count). The van der Waals surface area contributed by atoms with Gasteiger partial charge in [-0.3, -0.25) is 0 Å². The fraction of sp³-hybridized carbons (Fsp3) is 0.333. The molecule has 0 radical (unpaired) electrons. The normalized spacial score (nSPS) is 12.7. The van der Waals surface area contributed by atoms with Crippen LogP contribution in [-0.2, 0) is 0 Å². The van der Waals surface area contributed by atoms with Gasteiger partial charge in [0.1, 0.15) is 0 Å². The number of nitrogens with one attached hydrogen (secondary N) is 1. The van der Waals surface area contributed by atoms with Crippen LogP contribution in [-0.4, -0.2) is 7.05 Å². The smallest absolute Gasteiger partial charge is 0.0574 e. The van der Waals surface area contributed by atoms with Crippen molar-refractivity contribution < 1.29 is 0 Å². The summed E-state index contributed by atoms with van der Waals surface area (Å²) in [4.78, 5) is 0. The van der Waals surface area contributed by atoms with Gasteiger partial charge in [0, 0.05) is 0 Å². The predicted octanol–water partition coefficient (Wildman–Crippen LogP) is 4.43. The molecule has 0 heterocycles. The minimum atomic E-state index is 0.266. The molecule has 0 saturated carbocycles. The number of hydrogen-bond acceptors (Lipinski definition) is 1. The fourth-order valence-electron chi connectivity index (χ4n) is 2.36. The highest BCUT2D eigenvalue weighted by molar-refractivity contribution is 5.35. The molecule has 1 heteroatoms. The predicted molar refractivity (Wildman–Crippen MR) is 82.6 cm³/mol. The molecule has 1 N–H and O–H groups in total. The van der Waals surface area contributed by atoms with Gasteiger partial charge in [-0.25, -0.2) is 0 Å². The second kappa shape index (κ2) is 6.03. The van der Waals surface area contributed by atoms with E-state index in [1.54, 1.807) is 0 Å². The lowest BCUT2D eigenvalue weighted by atomic mass is 9.95. The van der Waals surface area contributed by atoms with E-state index in [0.29, 0.717) is 5.92 Å². The van der Waals surface area contributed by atoms with E-state index < -0.39 is 0 Å². The molecule has 2 aromatic carbocycles. The standard InChI is InChI=1S/C18H23N/c1-13(2)15-9-11-17(12-10-15)18(19-4)16-7-5-14(3)6-8-16/h5-13,18-19H,1-4H3. The maximum absolute atomic E-state index is 3.40. The zero-order valence-corrected chi connectivity index (χ0v) is 12.3. The van der Waals surface area contributed by atoms with Gasteiger partial charge < -0.3 is 5.32 Å². The lowest BCUT2D eigenvalue weighted by molar-refractivity contribution is 0.690. The molecule has 2 aromatic rings. The van der Waals surface area contributed by atoms with Crippen LogP contribution in [0.3, 0.4) is 0 Å². The van der Waals surface area contributed by atoms with Crippen LogP contribution in [0.1, 0.15) is 48.1 Å². The van der Waals surface area contributed by atoms with Gasteiger partial charge in [-0.2, -0.15) is 0 Å². The first-order valence-electron chi connectivity index (χ1n) is 6.95. The minimum absolute atomic E-state index is 0.266. The van der Waals surface area contributed by atoms with Gasteiger partial charge in [0.2, 0.25) is 0 Å². The number of aryl methyl sites for hydroxylation is 1. The molecular formula is C18H23N. The fourth-order valence-corrected chi connectivity index (χ4v) is 2.36. The summed E-state index contributed by atoms with van der Waals surface area (Å²) in [6.07, 6.45) is 0. The van der Waals surface area contributed by atoms with E-state index in [9.17, 15) is 0 Å². The molecule has 0 aromatic heterocycles. The van der Waals surface area contributed by atoms with Crippen molar-refractivity contribution >= 4 is 0 Å². The van der Waals surface area contributed by atoms with Crippen LogP contribution < -0.4 is 5.32 Å². The summed E-state index contributed by atoms with van der Waals surface area (Å²) in [6.45, 7) is 6.57. The van der Waals surface area contributed by atoms with Crippen LogP contribution >= 0.6 is 0 Å². The quantitative estimate of drug-likeness (QED) is 0.850. The molecule has 0 aliphatic carbocycles. The zero-order chi connectivity index (χ0) is 13.8. The Kier molecular flexibility index (Phi) is 4.39. The Morgan fingerprint density at radius 2 is 1.16 bits per heavy atom. The summed E-state index contributed by atoms with van der Waals surface area (Å²) in [5.41, 5.74) is 5.32. The van der Waals surface area contributed by atoms with Crippen molar-refractivity contribution in [3.05, 3.63) is 70.8 Å². The first-order chi connectivity index (χ1) is 9.11. The van der Waals surface area contributed by atoms with Crippen molar-refractivity contribution in [2.75, 3.05) is 7.05 Å². The Balaban J connectivity index is 2.28. The summed E-state index contributed by atoms with van der Waals surface area (Å²) < 4.78 is 0. The summed E-state index contributed by atoms with van der Waals surface area (Å²) in [5.74, 6) is 0.585. The summed E-state index contributed by atoms with van der Waals surface area (Å²) in [7, 11) is 2.01. The Morgan fingerprint density at radius 1 is 0.737 bits per heavy atom. The highest BCUT2D eigenvalue weighted by Gasteiger charge is 2.11. The molecule has 1 unspecified atom stereocenters. The van der Waals surface area contributed by atoms with Crippen LogP contribution in [0.15, 0.2) is 48.5 Å². The van der Waals surface area contributed by atoms with Crippen LogP contribution in [0.4, 0.5) is 0 Å². The first-order valence-corrected chi connectivity index (χ1v) is 6.95. The summed E-state index contributed by atoms with van der Waals surface area (Å²) >= 11 is 0. The second-order valence-corrected chi connectivity index (χ2v) is 5.45. The van der Waals surface area contributed by atoms with E-state index in [2.05, 4.69) is 74.6 Å². The lowest BCUT2D eigenvalue weighted by Crippen LogP contribution is -2.17. The van der Waals surface area contributed by atoms with Crippen LogP contribution in [0.25, 0.3) is 0 Å². The molecule has 100 valence electrons. The van der Waals surface area contributed by atoms with Crippen molar-refractivity contribution in [1.29, 1.82) is 0 Å². The van der Waals surface area contributed by atoms with Gasteiger partial charge >= 0.3 is 0 Å². The molecule has 0 fully saturated rings. The third kappa shape index (κ3) is 3.24. The van der Waals surface area contributed by atoms with Crippen molar-refractivity contribution in [3.8, 4) is 0 Å². The lowest BCUT2D eigenvalue weighted by Gasteiger charge is -2.18. The first kappa shape index (κ1) is 13.8. The maximum Gasteiger partial charge on any atom is 0.0574 e. The van der Waals surface area contributed by atoms with E-state index in [-0.39, 0.29) is 6.04 Å². The van der Waals surface area contributed by atoms with E-state index >= 15 is 0 Å². The molecule has 0 aliphatic heterocycles.